The molecule has 0 aliphatic carbocycles. The number of nitrogens with one attached hydrogen (secondary N) is 1. The van der Waals surface area contributed by atoms with Crippen LogP contribution < -0.4 is 5.32 Å². The molecule has 6 heteroatoms. The van der Waals surface area contributed by atoms with Crippen molar-refractivity contribution in [3.05, 3.63) is 72.1 Å². The SMILES string of the molecule is CC1CCCN(Cc2ccc(NC(=O)CSCc3coc(-c4ccccc4)n3)cc2)C1. The van der Waals surface area contributed by atoms with Gasteiger partial charge in [0.1, 0.15) is 6.26 Å². The smallest absolute Gasteiger partial charge is 0.234 e. The third kappa shape index (κ3) is 6.45. The molecule has 0 spiro atoms. The van der Waals surface area contributed by atoms with E-state index in [1.54, 1.807) is 6.26 Å². The number of benzene rings is 2. The Labute approximate surface area is 188 Å². The number of nitrogens with zero attached hydrogens (tertiary/aromatic N) is 2. The van der Waals surface area contributed by atoms with Gasteiger partial charge in [-0.3, -0.25) is 9.69 Å². The minimum absolute atomic E-state index is 0.00520. The number of thioether (sulfide) groups is 1. The average molecular weight is 436 g/mol. The summed E-state index contributed by atoms with van der Waals surface area (Å²) in [5.41, 5.74) is 3.93. The number of hydrogen-bond donors (Lipinski definition) is 1. The molecule has 1 N–H and O–H groups in total. The lowest BCUT2D eigenvalue weighted by Gasteiger charge is -2.30. The number of anilines is 1. The van der Waals surface area contributed by atoms with Crippen molar-refractivity contribution in [2.75, 3.05) is 24.2 Å². The third-order valence-electron chi connectivity index (χ3n) is 5.44. The Morgan fingerprint density at radius 2 is 2.00 bits per heavy atom. The van der Waals surface area contributed by atoms with Gasteiger partial charge in [-0.2, -0.15) is 0 Å². The van der Waals surface area contributed by atoms with Crippen molar-refractivity contribution in [1.29, 1.82) is 0 Å². The molecule has 4 rings (SSSR count). The van der Waals surface area contributed by atoms with Crippen LogP contribution in [0.2, 0.25) is 0 Å². The van der Waals surface area contributed by atoms with Gasteiger partial charge in [0.2, 0.25) is 11.8 Å². The molecule has 1 fully saturated rings. The number of oxazole rings is 1. The van der Waals surface area contributed by atoms with Crippen molar-refractivity contribution >= 4 is 23.4 Å². The van der Waals surface area contributed by atoms with Gasteiger partial charge in [-0.1, -0.05) is 37.3 Å². The molecular formula is C25H29N3O2S. The van der Waals surface area contributed by atoms with Gasteiger partial charge in [0.25, 0.3) is 0 Å². The fraction of sp³-hybridized carbons (Fsp3) is 0.360. The number of likely N-dealkylation sites (tertiary alicyclic amines) is 1. The molecule has 162 valence electrons. The van der Waals surface area contributed by atoms with Gasteiger partial charge >= 0.3 is 0 Å². The molecule has 1 aliphatic rings. The fourth-order valence-corrected chi connectivity index (χ4v) is 4.62. The average Bonchev–Trinajstić information content (AvgIpc) is 3.25. The van der Waals surface area contributed by atoms with Crippen LogP contribution in [-0.4, -0.2) is 34.6 Å². The second kappa shape index (κ2) is 10.6. The highest BCUT2D eigenvalue weighted by atomic mass is 32.2. The molecule has 5 nitrogen and oxygen atoms in total. The summed E-state index contributed by atoms with van der Waals surface area (Å²) in [5, 5.41) is 2.98. The molecule has 0 bridgehead atoms. The monoisotopic (exact) mass is 435 g/mol. The van der Waals surface area contributed by atoms with E-state index in [1.807, 2.05) is 42.5 Å². The maximum absolute atomic E-state index is 12.3. The minimum Gasteiger partial charge on any atom is -0.444 e. The minimum atomic E-state index is -0.00520. The molecule has 3 aromatic rings. The summed E-state index contributed by atoms with van der Waals surface area (Å²) >= 11 is 1.53. The zero-order chi connectivity index (χ0) is 21.5. The Morgan fingerprint density at radius 1 is 1.19 bits per heavy atom. The zero-order valence-electron chi connectivity index (χ0n) is 17.9. The predicted molar refractivity (Wildman–Crippen MR) is 127 cm³/mol. The van der Waals surface area contributed by atoms with Crippen LogP contribution >= 0.6 is 11.8 Å². The topological polar surface area (TPSA) is 58.4 Å². The van der Waals surface area contributed by atoms with E-state index in [0.29, 0.717) is 17.4 Å². The molecule has 1 atom stereocenters. The van der Waals surface area contributed by atoms with Crippen molar-refractivity contribution in [3.8, 4) is 11.5 Å². The van der Waals surface area contributed by atoms with E-state index in [1.165, 1.54) is 43.3 Å². The Kier molecular flexibility index (Phi) is 7.43. The van der Waals surface area contributed by atoms with Gasteiger partial charge in [0.15, 0.2) is 0 Å². The molecule has 1 aromatic heterocycles. The van der Waals surface area contributed by atoms with E-state index in [-0.39, 0.29) is 5.91 Å². The van der Waals surface area contributed by atoms with Crippen molar-refractivity contribution in [3.63, 3.8) is 0 Å². The quantitative estimate of drug-likeness (QED) is 0.510. The molecule has 0 saturated carbocycles. The lowest BCUT2D eigenvalue weighted by Crippen LogP contribution is -2.33. The predicted octanol–water partition coefficient (Wildman–Crippen LogP) is 5.45. The second-order valence-electron chi connectivity index (χ2n) is 8.23. The summed E-state index contributed by atoms with van der Waals surface area (Å²) in [6, 6.07) is 18.0. The molecule has 0 radical (unpaired) electrons. The van der Waals surface area contributed by atoms with Crippen LogP contribution in [0.5, 0.6) is 0 Å². The van der Waals surface area contributed by atoms with E-state index in [9.17, 15) is 4.79 Å². The summed E-state index contributed by atoms with van der Waals surface area (Å²) in [6.07, 6.45) is 4.29. The van der Waals surface area contributed by atoms with Crippen LogP contribution in [0, 0.1) is 5.92 Å². The highest BCUT2D eigenvalue weighted by Crippen LogP contribution is 2.21. The van der Waals surface area contributed by atoms with E-state index >= 15 is 0 Å². The van der Waals surface area contributed by atoms with Gasteiger partial charge in [0.05, 0.1) is 11.4 Å². The number of rotatable bonds is 8. The summed E-state index contributed by atoms with van der Waals surface area (Å²) in [4.78, 5) is 19.3. The van der Waals surface area contributed by atoms with Crippen LogP contribution in [-0.2, 0) is 17.1 Å². The van der Waals surface area contributed by atoms with Gasteiger partial charge in [-0.25, -0.2) is 4.98 Å². The number of piperidine rings is 1. The first-order valence-electron chi connectivity index (χ1n) is 10.8. The molecule has 1 amide bonds. The van der Waals surface area contributed by atoms with Crippen molar-refractivity contribution < 1.29 is 9.21 Å². The number of carbonyl (C=O) groups excluding carboxylic acids is 1. The van der Waals surface area contributed by atoms with E-state index in [4.69, 9.17) is 4.42 Å². The van der Waals surface area contributed by atoms with Crippen LogP contribution in [0.3, 0.4) is 0 Å². The summed E-state index contributed by atoms with van der Waals surface area (Å²) < 4.78 is 5.55. The van der Waals surface area contributed by atoms with Gasteiger partial charge in [-0.15, -0.1) is 11.8 Å². The second-order valence-corrected chi connectivity index (χ2v) is 9.22. The lowest BCUT2D eigenvalue weighted by molar-refractivity contribution is -0.113. The van der Waals surface area contributed by atoms with Crippen molar-refractivity contribution in [2.24, 2.45) is 5.92 Å². The van der Waals surface area contributed by atoms with Crippen LogP contribution in [0.4, 0.5) is 5.69 Å². The maximum Gasteiger partial charge on any atom is 0.234 e. The van der Waals surface area contributed by atoms with E-state index in [0.717, 1.165) is 29.4 Å². The van der Waals surface area contributed by atoms with Crippen LogP contribution in [0.25, 0.3) is 11.5 Å². The summed E-state index contributed by atoms with van der Waals surface area (Å²) in [7, 11) is 0. The highest BCUT2D eigenvalue weighted by Gasteiger charge is 2.16. The number of amides is 1. The number of aromatic nitrogens is 1. The Hall–Kier alpha value is -2.57. The fourth-order valence-electron chi connectivity index (χ4n) is 3.91. The lowest BCUT2D eigenvalue weighted by atomic mass is 10.00. The van der Waals surface area contributed by atoms with Crippen LogP contribution in [0.1, 0.15) is 31.0 Å². The summed E-state index contributed by atoms with van der Waals surface area (Å²) in [5.74, 6) is 2.40. The number of carbonyl (C=O) groups is 1. The third-order valence-corrected chi connectivity index (χ3v) is 6.41. The largest absolute Gasteiger partial charge is 0.444 e. The first-order valence-corrected chi connectivity index (χ1v) is 12.0. The molecule has 2 aromatic carbocycles. The Morgan fingerprint density at radius 3 is 2.77 bits per heavy atom. The first kappa shape index (κ1) is 21.7. The molecule has 1 aliphatic heterocycles. The van der Waals surface area contributed by atoms with E-state index in [2.05, 4.69) is 34.3 Å². The zero-order valence-corrected chi connectivity index (χ0v) is 18.7. The Balaban J connectivity index is 1.20. The standard InChI is InChI=1S/C25H29N3O2S/c1-19-6-5-13-28(14-19)15-20-9-11-22(12-10-20)26-24(29)18-31-17-23-16-30-25(27-23)21-7-3-2-4-8-21/h2-4,7-12,16,19H,5-6,13-15,17-18H2,1H3,(H,26,29). The molecule has 31 heavy (non-hydrogen) atoms. The van der Waals surface area contributed by atoms with Gasteiger partial charge < -0.3 is 9.73 Å². The molecule has 2 heterocycles. The van der Waals surface area contributed by atoms with Crippen LogP contribution in [0.15, 0.2) is 65.3 Å². The highest BCUT2D eigenvalue weighted by molar-refractivity contribution is 7.99. The van der Waals surface area contributed by atoms with E-state index < -0.39 is 0 Å². The van der Waals surface area contributed by atoms with Gasteiger partial charge in [0, 0.05) is 30.1 Å². The van der Waals surface area contributed by atoms with Gasteiger partial charge in [-0.05, 0) is 55.1 Å². The molecule has 1 unspecified atom stereocenters. The molecular weight excluding hydrogens is 406 g/mol. The Bertz CT molecular complexity index is 972. The molecule has 1 saturated heterocycles. The first-order chi connectivity index (χ1) is 15.2. The normalized spacial score (nSPS) is 16.9. The summed E-state index contributed by atoms with van der Waals surface area (Å²) in [6.45, 7) is 5.66. The maximum atomic E-state index is 12.3. The number of hydrogen-bond acceptors (Lipinski definition) is 5. The van der Waals surface area contributed by atoms with Crippen molar-refractivity contribution in [1.82, 2.24) is 9.88 Å². The van der Waals surface area contributed by atoms with Crippen molar-refractivity contribution in [2.45, 2.75) is 32.1 Å².